The van der Waals surface area contributed by atoms with Gasteiger partial charge in [0.25, 0.3) is 0 Å². The number of aliphatic carboxylic acids is 1. The second-order valence-corrected chi connectivity index (χ2v) is 6.06. The zero-order chi connectivity index (χ0) is 20.8. The SMILES string of the molecule is COc1ccc(/C(=C/c2ccc(Oc3ccc(F)cc3)cc2)C(=O)O)cc1OC. The van der Waals surface area contributed by atoms with Gasteiger partial charge in [-0.15, -0.1) is 0 Å². The lowest BCUT2D eigenvalue weighted by atomic mass is 10.0. The van der Waals surface area contributed by atoms with Gasteiger partial charge in [-0.05, 0) is 65.7 Å². The van der Waals surface area contributed by atoms with Crippen molar-refractivity contribution in [1.29, 1.82) is 0 Å². The van der Waals surface area contributed by atoms with Crippen LogP contribution < -0.4 is 14.2 Å². The molecule has 3 aromatic carbocycles. The molecule has 148 valence electrons. The van der Waals surface area contributed by atoms with Crippen LogP contribution in [0.4, 0.5) is 4.39 Å². The molecule has 0 aliphatic carbocycles. The fraction of sp³-hybridized carbons (Fsp3) is 0.0870. The maximum atomic E-state index is 13.0. The van der Waals surface area contributed by atoms with Crippen LogP contribution in [0.2, 0.25) is 0 Å². The molecule has 0 aliphatic heterocycles. The van der Waals surface area contributed by atoms with Crippen molar-refractivity contribution in [2.45, 2.75) is 0 Å². The third-order valence-corrected chi connectivity index (χ3v) is 4.17. The summed E-state index contributed by atoms with van der Waals surface area (Å²) in [6.07, 6.45) is 1.56. The van der Waals surface area contributed by atoms with Gasteiger partial charge < -0.3 is 19.3 Å². The Morgan fingerprint density at radius 2 is 1.45 bits per heavy atom. The van der Waals surface area contributed by atoms with Gasteiger partial charge in [-0.1, -0.05) is 18.2 Å². The number of hydrogen-bond acceptors (Lipinski definition) is 4. The van der Waals surface area contributed by atoms with Crippen molar-refractivity contribution < 1.29 is 28.5 Å². The summed E-state index contributed by atoms with van der Waals surface area (Å²) in [5.74, 6) is 0.615. The van der Waals surface area contributed by atoms with E-state index >= 15 is 0 Å². The Balaban J connectivity index is 1.85. The molecule has 0 saturated heterocycles. The molecule has 3 aromatic rings. The predicted molar refractivity (Wildman–Crippen MR) is 108 cm³/mol. The number of ether oxygens (including phenoxy) is 3. The van der Waals surface area contributed by atoms with E-state index in [9.17, 15) is 14.3 Å². The van der Waals surface area contributed by atoms with Crippen LogP contribution in [0.15, 0.2) is 66.7 Å². The molecule has 0 amide bonds. The summed E-state index contributed by atoms with van der Waals surface area (Å²) in [4.78, 5) is 11.8. The molecular formula is C23H19FO5. The van der Waals surface area contributed by atoms with E-state index in [-0.39, 0.29) is 11.4 Å². The van der Waals surface area contributed by atoms with Crippen LogP contribution in [-0.2, 0) is 4.79 Å². The first-order chi connectivity index (χ1) is 14.0. The van der Waals surface area contributed by atoms with Crippen LogP contribution in [0, 0.1) is 5.82 Å². The zero-order valence-corrected chi connectivity index (χ0v) is 15.9. The van der Waals surface area contributed by atoms with Gasteiger partial charge in [-0.3, -0.25) is 0 Å². The molecule has 3 rings (SSSR count). The predicted octanol–water partition coefficient (Wildman–Crippen LogP) is 5.26. The van der Waals surface area contributed by atoms with Crippen molar-refractivity contribution in [3.05, 3.63) is 83.7 Å². The quantitative estimate of drug-likeness (QED) is 0.437. The maximum absolute atomic E-state index is 13.0. The van der Waals surface area contributed by atoms with E-state index in [1.54, 1.807) is 48.5 Å². The summed E-state index contributed by atoms with van der Waals surface area (Å²) >= 11 is 0. The Hall–Kier alpha value is -3.80. The van der Waals surface area contributed by atoms with E-state index in [0.29, 0.717) is 34.1 Å². The van der Waals surface area contributed by atoms with Crippen LogP contribution in [0.5, 0.6) is 23.0 Å². The first-order valence-electron chi connectivity index (χ1n) is 8.71. The fourth-order valence-electron chi connectivity index (χ4n) is 2.71. The van der Waals surface area contributed by atoms with E-state index in [0.717, 1.165) is 0 Å². The van der Waals surface area contributed by atoms with Crippen LogP contribution in [0.3, 0.4) is 0 Å². The summed E-state index contributed by atoms with van der Waals surface area (Å²) in [7, 11) is 3.01. The highest BCUT2D eigenvalue weighted by Gasteiger charge is 2.14. The molecule has 0 atom stereocenters. The Labute approximate surface area is 167 Å². The highest BCUT2D eigenvalue weighted by atomic mass is 19.1. The molecule has 1 N–H and O–H groups in total. The van der Waals surface area contributed by atoms with E-state index in [2.05, 4.69) is 0 Å². The first kappa shape index (κ1) is 19.9. The number of methoxy groups -OCH3 is 2. The normalized spacial score (nSPS) is 11.1. The number of hydrogen-bond donors (Lipinski definition) is 1. The molecule has 0 aromatic heterocycles. The molecular weight excluding hydrogens is 375 g/mol. The lowest BCUT2D eigenvalue weighted by Crippen LogP contribution is -2.01. The zero-order valence-electron chi connectivity index (χ0n) is 15.9. The van der Waals surface area contributed by atoms with E-state index in [4.69, 9.17) is 14.2 Å². The number of carbonyl (C=O) groups is 1. The summed E-state index contributed by atoms with van der Waals surface area (Å²) in [6, 6.07) is 17.5. The summed E-state index contributed by atoms with van der Waals surface area (Å²) in [5, 5.41) is 9.65. The van der Waals surface area contributed by atoms with Gasteiger partial charge in [-0.2, -0.15) is 0 Å². The van der Waals surface area contributed by atoms with E-state index in [1.165, 1.54) is 38.5 Å². The Bertz CT molecular complexity index is 1020. The van der Waals surface area contributed by atoms with Crippen LogP contribution in [-0.4, -0.2) is 25.3 Å². The van der Waals surface area contributed by atoms with Gasteiger partial charge >= 0.3 is 5.97 Å². The van der Waals surface area contributed by atoms with Gasteiger partial charge in [0.2, 0.25) is 0 Å². The highest BCUT2D eigenvalue weighted by molar-refractivity contribution is 6.20. The maximum Gasteiger partial charge on any atom is 0.336 e. The second kappa shape index (κ2) is 8.93. The molecule has 0 radical (unpaired) electrons. The molecule has 0 heterocycles. The van der Waals surface area contributed by atoms with E-state index in [1.807, 2.05) is 0 Å². The number of carboxylic acid groups (broad SMARTS) is 1. The summed E-state index contributed by atoms with van der Waals surface area (Å²) in [5.41, 5.74) is 1.28. The molecule has 0 bridgehead atoms. The van der Waals surface area contributed by atoms with Crippen molar-refractivity contribution in [3.63, 3.8) is 0 Å². The Morgan fingerprint density at radius 1 is 0.862 bits per heavy atom. The third kappa shape index (κ3) is 4.93. The molecule has 0 spiro atoms. The van der Waals surface area contributed by atoms with Crippen LogP contribution in [0.25, 0.3) is 11.6 Å². The minimum atomic E-state index is -1.07. The largest absolute Gasteiger partial charge is 0.493 e. The van der Waals surface area contributed by atoms with Crippen molar-refractivity contribution >= 4 is 17.6 Å². The monoisotopic (exact) mass is 394 g/mol. The molecule has 0 saturated carbocycles. The van der Waals surface area contributed by atoms with Crippen LogP contribution >= 0.6 is 0 Å². The Kier molecular flexibility index (Phi) is 6.14. The third-order valence-electron chi connectivity index (χ3n) is 4.17. The standard InChI is InChI=1S/C23H19FO5/c1-27-21-12-5-16(14-22(21)28-2)20(23(25)26)13-15-3-8-18(9-4-15)29-19-10-6-17(24)7-11-19/h3-14H,1-2H3,(H,25,26)/b20-13-. The lowest BCUT2D eigenvalue weighted by molar-refractivity contribution is -0.130. The van der Waals surface area contributed by atoms with Gasteiger partial charge in [-0.25, -0.2) is 9.18 Å². The van der Waals surface area contributed by atoms with Crippen molar-refractivity contribution in [1.82, 2.24) is 0 Å². The minimum Gasteiger partial charge on any atom is -0.493 e. The number of halogens is 1. The van der Waals surface area contributed by atoms with Gasteiger partial charge in [0.05, 0.1) is 19.8 Å². The molecule has 0 unspecified atom stereocenters. The van der Waals surface area contributed by atoms with Gasteiger partial charge in [0.1, 0.15) is 17.3 Å². The highest BCUT2D eigenvalue weighted by Crippen LogP contribution is 2.31. The number of rotatable bonds is 7. The topological polar surface area (TPSA) is 65.0 Å². The smallest absolute Gasteiger partial charge is 0.336 e. The Morgan fingerprint density at radius 3 is 2.00 bits per heavy atom. The summed E-state index contributed by atoms with van der Waals surface area (Å²) < 4.78 is 29.1. The molecule has 0 fully saturated rings. The van der Waals surface area contributed by atoms with Crippen molar-refractivity contribution in [2.75, 3.05) is 14.2 Å². The van der Waals surface area contributed by atoms with Gasteiger partial charge in [0, 0.05) is 0 Å². The van der Waals surface area contributed by atoms with Crippen molar-refractivity contribution in [2.24, 2.45) is 0 Å². The number of carboxylic acids is 1. The molecule has 0 aliphatic rings. The first-order valence-corrected chi connectivity index (χ1v) is 8.71. The second-order valence-electron chi connectivity index (χ2n) is 6.06. The molecule has 6 heteroatoms. The summed E-state index contributed by atoms with van der Waals surface area (Å²) in [6.45, 7) is 0. The van der Waals surface area contributed by atoms with Crippen molar-refractivity contribution in [3.8, 4) is 23.0 Å². The van der Waals surface area contributed by atoms with E-state index < -0.39 is 5.97 Å². The molecule has 29 heavy (non-hydrogen) atoms. The van der Waals surface area contributed by atoms with Gasteiger partial charge in [0.15, 0.2) is 11.5 Å². The van der Waals surface area contributed by atoms with Crippen LogP contribution in [0.1, 0.15) is 11.1 Å². The lowest BCUT2D eigenvalue weighted by Gasteiger charge is -2.10. The average Bonchev–Trinajstić information content (AvgIpc) is 2.74. The molecule has 5 nitrogen and oxygen atoms in total. The average molecular weight is 394 g/mol. The minimum absolute atomic E-state index is 0.109. The number of benzene rings is 3. The fourth-order valence-corrected chi connectivity index (χ4v) is 2.71.